The van der Waals surface area contributed by atoms with Crippen molar-refractivity contribution in [3.05, 3.63) is 29.3 Å². The minimum atomic E-state index is -0.188. The van der Waals surface area contributed by atoms with E-state index in [1.54, 1.807) is 0 Å². The van der Waals surface area contributed by atoms with Gasteiger partial charge in [0.05, 0.1) is 6.10 Å². The first-order valence-electron chi connectivity index (χ1n) is 3.81. The van der Waals surface area contributed by atoms with Crippen LogP contribution in [0, 0.1) is 0 Å². The number of nitrogens with two attached hydrogens (primary N) is 1. The molecule has 3 N–H and O–H groups in total. The van der Waals surface area contributed by atoms with E-state index in [1.165, 1.54) is 11.1 Å². The Hall–Kier alpha value is -1.02. The molecule has 2 heteroatoms. The highest BCUT2D eigenvalue weighted by molar-refractivity contribution is 5.46. The van der Waals surface area contributed by atoms with Crippen molar-refractivity contribution in [2.24, 2.45) is 0 Å². The van der Waals surface area contributed by atoms with Crippen LogP contribution in [0.4, 0.5) is 5.69 Å². The number of rotatable bonds is 0. The quantitative estimate of drug-likeness (QED) is 0.534. The molecule has 0 unspecified atom stereocenters. The average Bonchev–Trinajstić information content (AvgIpc) is 2.27. The summed E-state index contributed by atoms with van der Waals surface area (Å²) in [5.74, 6) is 0. The Bertz CT molecular complexity index is 283. The van der Waals surface area contributed by atoms with Crippen LogP contribution in [0.15, 0.2) is 18.2 Å². The zero-order chi connectivity index (χ0) is 7.84. The van der Waals surface area contributed by atoms with Gasteiger partial charge >= 0.3 is 0 Å². The van der Waals surface area contributed by atoms with Crippen molar-refractivity contribution in [1.82, 2.24) is 0 Å². The van der Waals surface area contributed by atoms with Crippen LogP contribution in [0.3, 0.4) is 0 Å². The number of hydrogen-bond acceptors (Lipinski definition) is 2. The van der Waals surface area contributed by atoms with Crippen molar-refractivity contribution in [3.8, 4) is 0 Å². The van der Waals surface area contributed by atoms with Gasteiger partial charge in [-0.3, -0.25) is 0 Å². The van der Waals surface area contributed by atoms with Crippen LogP contribution in [0.1, 0.15) is 11.1 Å². The first-order chi connectivity index (χ1) is 5.25. The van der Waals surface area contributed by atoms with Gasteiger partial charge in [-0.05, 0) is 36.1 Å². The normalized spacial score (nSPS) is 21.7. The van der Waals surface area contributed by atoms with Crippen molar-refractivity contribution in [1.29, 1.82) is 0 Å². The molecule has 11 heavy (non-hydrogen) atoms. The second kappa shape index (κ2) is 2.24. The number of aliphatic hydroxyl groups is 1. The molecule has 0 spiro atoms. The van der Waals surface area contributed by atoms with E-state index in [1.807, 2.05) is 18.2 Å². The molecular formula is C9H11NO. The fraction of sp³-hybridized carbons (Fsp3) is 0.333. The molecule has 2 rings (SSSR count). The SMILES string of the molecule is Nc1ccc2c(c1)C[C@H](O)C2. The van der Waals surface area contributed by atoms with E-state index in [2.05, 4.69) is 0 Å². The van der Waals surface area contributed by atoms with E-state index < -0.39 is 0 Å². The lowest BCUT2D eigenvalue weighted by Gasteiger charge is -1.97. The second-order valence-electron chi connectivity index (χ2n) is 3.09. The van der Waals surface area contributed by atoms with Gasteiger partial charge in [-0.25, -0.2) is 0 Å². The predicted octanol–water partition coefficient (Wildman–Crippen LogP) is 0.728. The number of nitrogen functional groups attached to an aromatic ring is 1. The Balaban J connectivity index is 2.43. The molecule has 0 heterocycles. The lowest BCUT2D eigenvalue weighted by Crippen LogP contribution is -2.03. The Labute approximate surface area is 65.7 Å². The van der Waals surface area contributed by atoms with Crippen LogP contribution >= 0.6 is 0 Å². The minimum Gasteiger partial charge on any atom is -0.399 e. The van der Waals surface area contributed by atoms with Crippen molar-refractivity contribution >= 4 is 5.69 Å². The summed E-state index contributed by atoms with van der Waals surface area (Å²) in [6.45, 7) is 0. The number of hydrogen-bond donors (Lipinski definition) is 2. The van der Waals surface area contributed by atoms with E-state index in [4.69, 9.17) is 5.73 Å². The third-order valence-corrected chi connectivity index (χ3v) is 2.14. The number of anilines is 1. The van der Waals surface area contributed by atoms with E-state index >= 15 is 0 Å². The van der Waals surface area contributed by atoms with Crippen LogP contribution in [-0.2, 0) is 12.8 Å². The molecule has 0 aliphatic heterocycles. The van der Waals surface area contributed by atoms with Gasteiger partial charge in [0.25, 0.3) is 0 Å². The first-order valence-corrected chi connectivity index (χ1v) is 3.81. The monoisotopic (exact) mass is 149 g/mol. The molecule has 1 aliphatic carbocycles. The molecule has 0 radical (unpaired) electrons. The third kappa shape index (κ3) is 1.10. The average molecular weight is 149 g/mol. The van der Waals surface area contributed by atoms with Crippen LogP contribution in [0.2, 0.25) is 0 Å². The maximum absolute atomic E-state index is 9.30. The molecule has 58 valence electrons. The molecule has 1 aromatic rings. The van der Waals surface area contributed by atoms with E-state index in [0.717, 1.165) is 18.5 Å². The summed E-state index contributed by atoms with van der Waals surface area (Å²) >= 11 is 0. The van der Waals surface area contributed by atoms with Crippen LogP contribution in [-0.4, -0.2) is 11.2 Å². The highest BCUT2D eigenvalue weighted by Crippen LogP contribution is 2.23. The number of fused-ring (bicyclic) bond motifs is 1. The molecule has 1 aromatic carbocycles. The van der Waals surface area contributed by atoms with Gasteiger partial charge in [-0.1, -0.05) is 6.07 Å². The zero-order valence-corrected chi connectivity index (χ0v) is 6.25. The summed E-state index contributed by atoms with van der Waals surface area (Å²) in [5.41, 5.74) is 8.83. The molecule has 1 atom stereocenters. The minimum absolute atomic E-state index is 0.188. The first kappa shape index (κ1) is 6.68. The lowest BCUT2D eigenvalue weighted by molar-refractivity contribution is 0.187. The topological polar surface area (TPSA) is 46.2 Å². The lowest BCUT2D eigenvalue weighted by atomic mass is 10.1. The smallest absolute Gasteiger partial charge is 0.0621 e. The highest BCUT2D eigenvalue weighted by atomic mass is 16.3. The molecule has 0 saturated heterocycles. The maximum Gasteiger partial charge on any atom is 0.0621 e. The van der Waals surface area contributed by atoms with Crippen molar-refractivity contribution in [3.63, 3.8) is 0 Å². The standard InChI is InChI=1S/C9H11NO/c10-8-2-1-6-4-9(11)5-7(6)3-8/h1-3,9,11H,4-5,10H2/t9-/m1/s1. The molecule has 0 bridgehead atoms. The van der Waals surface area contributed by atoms with Crippen LogP contribution < -0.4 is 5.73 Å². The van der Waals surface area contributed by atoms with Gasteiger partial charge in [0.2, 0.25) is 0 Å². The number of aliphatic hydroxyl groups excluding tert-OH is 1. The fourth-order valence-electron chi connectivity index (χ4n) is 1.61. The van der Waals surface area contributed by atoms with E-state index in [0.29, 0.717) is 0 Å². The Morgan fingerprint density at radius 1 is 1.27 bits per heavy atom. The van der Waals surface area contributed by atoms with Crippen LogP contribution in [0.25, 0.3) is 0 Å². The summed E-state index contributed by atoms with van der Waals surface area (Å²) in [7, 11) is 0. The third-order valence-electron chi connectivity index (χ3n) is 2.14. The summed E-state index contributed by atoms with van der Waals surface area (Å²) in [5, 5.41) is 9.30. The molecular weight excluding hydrogens is 138 g/mol. The predicted molar refractivity (Wildman–Crippen MR) is 44.3 cm³/mol. The van der Waals surface area contributed by atoms with Crippen LogP contribution in [0.5, 0.6) is 0 Å². The molecule has 0 saturated carbocycles. The summed E-state index contributed by atoms with van der Waals surface area (Å²) in [6.07, 6.45) is 1.36. The fourth-order valence-corrected chi connectivity index (χ4v) is 1.61. The Morgan fingerprint density at radius 2 is 2.00 bits per heavy atom. The molecule has 0 amide bonds. The van der Waals surface area contributed by atoms with Crippen molar-refractivity contribution in [2.45, 2.75) is 18.9 Å². The summed E-state index contributed by atoms with van der Waals surface area (Å²) in [6, 6.07) is 5.84. The summed E-state index contributed by atoms with van der Waals surface area (Å²) in [4.78, 5) is 0. The highest BCUT2D eigenvalue weighted by Gasteiger charge is 2.18. The van der Waals surface area contributed by atoms with Gasteiger partial charge in [-0.2, -0.15) is 0 Å². The van der Waals surface area contributed by atoms with Gasteiger partial charge < -0.3 is 10.8 Å². The van der Waals surface area contributed by atoms with Crippen molar-refractivity contribution < 1.29 is 5.11 Å². The number of benzene rings is 1. The summed E-state index contributed by atoms with van der Waals surface area (Å²) < 4.78 is 0. The Morgan fingerprint density at radius 3 is 2.82 bits per heavy atom. The maximum atomic E-state index is 9.30. The van der Waals surface area contributed by atoms with Gasteiger partial charge in [0.15, 0.2) is 0 Å². The zero-order valence-electron chi connectivity index (χ0n) is 6.25. The largest absolute Gasteiger partial charge is 0.399 e. The van der Waals surface area contributed by atoms with E-state index in [-0.39, 0.29) is 6.10 Å². The van der Waals surface area contributed by atoms with Gasteiger partial charge in [0.1, 0.15) is 0 Å². The Kier molecular flexibility index (Phi) is 1.36. The van der Waals surface area contributed by atoms with Gasteiger partial charge in [-0.15, -0.1) is 0 Å². The molecule has 1 aliphatic rings. The van der Waals surface area contributed by atoms with Crippen molar-refractivity contribution in [2.75, 3.05) is 5.73 Å². The van der Waals surface area contributed by atoms with E-state index in [9.17, 15) is 5.11 Å². The second-order valence-corrected chi connectivity index (χ2v) is 3.09. The van der Waals surface area contributed by atoms with Gasteiger partial charge in [0, 0.05) is 5.69 Å². The molecule has 2 nitrogen and oxygen atoms in total. The molecule has 0 fully saturated rings. The molecule has 0 aromatic heterocycles.